The number of rotatable bonds is 11. The molecule has 0 aliphatic carbocycles. The zero-order valence-corrected chi connectivity index (χ0v) is 18.9. The summed E-state index contributed by atoms with van der Waals surface area (Å²) >= 11 is 0. The van der Waals surface area contributed by atoms with Crippen molar-refractivity contribution < 1.29 is 4.74 Å². The van der Waals surface area contributed by atoms with Gasteiger partial charge in [-0.15, -0.1) is 0 Å². The van der Waals surface area contributed by atoms with Gasteiger partial charge < -0.3 is 20.3 Å². The van der Waals surface area contributed by atoms with Crippen molar-refractivity contribution in [1.29, 1.82) is 0 Å². The largest absolute Gasteiger partial charge is 0.379 e. The highest BCUT2D eigenvalue weighted by Gasteiger charge is 2.13. The van der Waals surface area contributed by atoms with Crippen LogP contribution < -0.4 is 10.6 Å². The summed E-state index contributed by atoms with van der Waals surface area (Å²) in [5, 5.41) is 7.04. The molecule has 0 saturated carbocycles. The molecule has 0 aromatic heterocycles. The van der Waals surface area contributed by atoms with E-state index in [4.69, 9.17) is 4.74 Å². The molecular weight excluding hydrogens is 362 g/mol. The van der Waals surface area contributed by atoms with E-state index in [0.717, 1.165) is 64.9 Å². The maximum absolute atomic E-state index is 5.47. The molecule has 1 heterocycles. The van der Waals surface area contributed by atoms with E-state index in [2.05, 4.69) is 70.5 Å². The minimum Gasteiger partial charge on any atom is -0.379 e. The lowest BCUT2D eigenvalue weighted by molar-refractivity contribution is 0.0341. The van der Waals surface area contributed by atoms with E-state index in [1.54, 1.807) is 0 Å². The van der Waals surface area contributed by atoms with Crippen LogP contribution in [0.25, 0.3) is 0 Å². The first kappa shape index (κ1) is 23.6. The average molecular weight is 404 g/mol. The molecule has 29 heavy (non-hydrogen) atoms. The van der Waals surface area contributed by atoms with Crippen molar-refractivity contribution >= 4 is 5.96 Å². The molecule has 0 spiro atoms. The summed E-state index contributed by atoms with van der Waals surface area (Å²) in [5.74, 6) is 0.876. The second-order valence-corrected chi connectivity index (χ2v) is 7.80. The minimum absolute atomic E-state index is 0.403. The summed E-state index contributed by atoms with van der Waals surface area (Å²) in [6.07, 6.45) is 2.35. The second kappa shape index (κ2) is 13.6. The van der Waals surface area contributed by atoms with Crippen LogP contribution in [0, 0.1) is 0 Å². The fourth-order valence-electron chi connectivity index (χ4n) is 3.72. The average Bonchev–Trinajstić information content (AvgIpc) is 2.76. The predicted molar refractivity (Wildman–Crippen MR) is 122 cm³/mol. The van der Waals surface area contributed by atoms with Crippen molar-refractivity contribution in [2.45, 2.75) is 52.7 Å². The molecule has 0 amide bonds. The first-order valence-corrected chi connectivity index (χ1v) is 11.2. The van der Waals surface area contributed by atoms with Crippen molar-refractivity contribution in [3.05, 3.63) is 35.4 Å². The van der Waals surface area contributed by atoms with Crippen LogP contribution in [0.4, 0.5) is 0 Å². The lowest BCUT2D eigenvalue weighted by atomic mass is 10.1. The van der Waals surface area contributed by atoms with E-state index in [1.807, 2.05) is 7.05 Å². The number of nitrogens with zero attached hydrogens (tertiary/aromatic N) is 3. The van der Waals surface area contributed by atoms with Gasteiger partial charge in [0.05, 0.1) is 13.2 Å². The highest BCUT2D eigenvalue weighted by molar-refractivity contribution is 5.79. The Hall–Kier alpha value is -1.63. The predicted octanol–water partition coefficient (Wildman–Crippen LogP) is 2.69. The monoisotopic (exact) mass is 403 g/mol. The summed E-state index contributed by atoms with van der Waals surface area (Å²) < 4.78 is 5.47. The van der Waals surface area contributed by atoms with Gasteiger partial charge in [0.15, 0.2) is 5.96 Å². The van der Waals surface area contributed by atoms with E-state index in [-0.39, 0.29) is 0 Å². The Balaban J connectivity index is 1.79. The molecule has 164 valence electrons. The molecular formula is C23H41N5O. The van der Waals surface area contributed by atoms with E-state index in [1.165, 1.54) is 24.1 Å². The SMILES string of the molecule is CCN(CC)CCCC(C)NC(=NC)NCc1ccccc1CN1CCOCC1. The molecule has 1 aliphatic rings. The standard InChI is InChI=1S/C23H41N5O/c1-5-27(6-2)13-9-10-20(3)26-23(24-4)25-18-21-11-7-8-12-22(21)19-28-14-16-29-17-15-28/h7-8,11-12,20H,5-6,9-10,13-19H2,1-4H3,(H2,24,25,26). The van der Waals surface area contributed by atoms with E-state index >= 15 is 0 Å². The number of guanidine groups is 1. The third kappa shape index (κ3) is 8.72. The summed E-state index contributed by atoms with van der Waals surface area (Å²) in [5.41, 5.74) is 2.71. The molecule has 6 heteroatoms. The Morgan fingerprint density at radius 3 is 2.52 bits per heavy atom. The van der Waals surface area contributed by atoms with Gasteiger partial charge in [-0.3, -0.25) is 9.89 Å². The number of hydrogen-bond donors (Lipinski definition) is 2. The quantitative estimate of drug-likeness (QED) is 0.439. The van der Waals surface area contributed by atoms with Crippen molar-refractivity contribution in [2.24, 2.45) is 4.99 Å². The number of nitrogens with one attached hydrogen (secondary N) is 2. The van der Waals surface area contributed by atoms with Crippen LogP contribution in [0.3, 0.4) is 0 Å². The van der Waals surface area contributed by atoms with E-state index < -0.39 is 0 Å². The van der Waals surface area contributed by atoms with Crippen molar-refractivity contribution in [1.82, 2.24) is 20.4 Å². The van der Waals surface area contributed by atoms with Crippen LogP contribution in [0.2, 0.25) is 0 Å². The number of benzene rings is 1. The third-order valence-corrected chi connectivity index (χ3v) is 5.67. The minimum atomic E-state index is 0.403. The zero-order valence-electron chi connectivity index (χ0n) is 18.9. The molecule has 2 N–H and O–H groups in total. The molecule has 1 fully saturated rings. The Labute approximate surface area is 177 Å². The normalized spacial score (nSPS) is 16.8. The molecule has 0 bridgehead atoms. The van der Waals surface area contributed by atoms with Crippen LogP contribution in [0.15, 0.2) is 29.3 Å². The Morgan fingerprint density at radius 1 is 1.17 bits per heavy atom. The molecule has 1 saturated heterocycles. The first-order valence-electron chi connectivity index (χ1n) is 11.2. The van der Waals surface area contributed by atoms with Gasteiger partial charge in [0, 0.05) is 39.3 Å². The summed E-state index contributed by atoms with van der Waals surface area (Å²) in [6.45, 7) is 15.6. The molecule has 1 aliphatic heterocycles. The van der Waals surface area contributed by atoms with Gasteiger partial charge in [-0.25, -0.2) is 0 Å². The fourth-order valence-corrected chi connectivity index (χ4v) is 3.72. The van der Waals surface area contributed by atoms with Gasteiger partial charge in [0.25, 0.3) is 0 Å². The molecule has 6 nitrogen and oxygen atoms in total. The Morgan fingerprint density at radius 2 is 1.86 bits per heavy atom. The summed E-state index contributed by atoms with van der Waals surface area (Å²) in [4.78, 5) is 9.36. The van der Waals surface area contributed by atoms with Crippen molar-refractivity contribution in [3.8, 4) is 0 Å². The number of morpholine rings is 1. The van der Waals surface area contributed by atoms with Gasteiger partial charge >= 0.3 is 0 Å². The molecule has 1 aromatic rings. The summed E-state index contributed by atoms with van der Waals surface area (Å²) in [6, 6.07) is 9.10. The number of aliphatic imine (C=N–C) groups is 1. The number of hydrogen-bond acceptors (Lipinski definition) is 4. The van der Waals surface area contributed by atoms with Gasteiger partial charge in [-0.2, -0.15) is 0 Å². The van der Waals surface area contributed by atoms with Gasteiger partial charge in [0.2, 0.25) is 0 Å². The van der Waals surface area contributed by atoms with Crippen LogP contribution in [0.1, 0.15) is 44.7 Å². The summed E-state index contributed by atoms with van der Waals surface area (Å²) in [7, 11) is 1.84. The molecule has 1 aromatic carbocycles. The van der Waals surface area contributed by atoms with Gasteiger partial charge in [-0.05, 0) is 50.5 Å². The fraction of sp³-hybridized carbons (Fsp3) is 0.696. The molecule has 1 atom stereocenters. The smallest absolute Gasteiger partial charge is 0.191 e. The topological polar surface area (TPSA) is 52.1 Å². The van der Waals surface area contributed by atoms with Gasteiger partial charge in [-0.1, -0.05) is 38.1 Å². The lowest BCUT2D eigenvalue weighted by Crippen LogP contribution is -2.42. The highest BCUT2D eigenvalue weighted by atomic mass is 16.5. The third-order valence-electron chi connectivity index (χ3n) is 5.67. The highest BCUT2D eigenvalue weighted by Crippen LogP contribution is 2.13. The van der Waals surface area contributed by atoms with Gasteiger partial charge in [0.1, 0.15) is 0 Å². The molecule has 0 radical (unpaired) electrons. The molecule has 1 unspecified atom stereocenters. The van der Waals surface area contributed by atoms with Crippen LogP contribution in [-0.4, -0.2) is 74.8 Å². The Bertz CT molecular complexity index is 597. The second-order valence-electron chi connectivity index (χ2n) is 7.80. The Kier molecular flexibility index (Phi) is 11.1. The van der Waals surface area contributed by atoms with Crippen LogP contribution in [0.5, 0.6) is 0 Å². The number of ether oxygens (including phenoxy) is 1. The lowest BCUT2D eigenvalue weighted by Gasteiger charge is -2.27. The van der Waals surface area contributed by atoms with Crippen molar-refractivity contribution in [2.75, 3.05) is 53.0 Å². The maximum Gasteiger partial charge on any atom is 0.191 e. The van der Waals surface area contributed by atoms with Crippen molar-refractivity contribution in [3.63, 3.8) is 0 Å². The molecule has 2 rings (SSSR count). The van der Waals surface area contributed by atoms with E-state index in [9.17, 15) is 0 Å². The van der Waals surface area contributed by atoms with E-state index in [0.29, 0.717) is 6.04 Å². The van der Waals surface area contributed by atoms with Crippen LogP contribution in [-0.2, 0) is 17.8 Å². The first-order chi connectivity index (χ1) is 14.2. The van der Waals surface area contributed by atoms with Crippen LogP contribution >= 0.6 is 0 Å². The zero-order chi connectivity index (χ0) is 20.9. The maximum atomic E-state index is 5.47.